The standard InChI is InChI=1S/C15H22N6O/c1-10-4-2-3-9-21(10)13(22)11-5-7-12(8-6-11)19-15(18)20-14(16)17/h5-8,10H,2-4,9H2,1H3,(H6,16,17,18,19,20). The second-order valence-electron chi connectivity index (χ2n) is 5.40. The lowest BCUT2D eigenvalue weighted by atomic mass is 10.0. The van der Waals surface area contributed by atoms with Crippen LogP contribution in [0.25, 0.3) is 0 Å². The van der Waals surface area contributed by atoms with E-state index in [9.17, 15) is 4.79 Å². The minimum absolute atomic E-state index is 0.0243. The van der Waals surface area contributed by atoms with Crippen molar-refractivity contribution in [1.82, 2.24) is 4.90 Å². The van der Waals surface area contributed by atoms with Crippen molar-refractivity contribution in [2.24, 2.45) is 27.2 Å². The summed E-state index contributed by atoms with van der Waals surface area (Å²) in [6.07, 6.45) is 3.30. The number of likely N-dealkylation sites (tertiary alicyclic amines) is 1. The molecule has 7 heteroatoms. The van der Waals surface area contributed by atoms with E-state index in [-0.39, 0.29) is 23.9 Å². The molecule has 1 aromatic carbocycles. The van der Waals surface area contributed by atoms with E-state index >= 15 is 0 Å². The van der Waals surface area contributed by atoms with E-state index in [4.69, 9.17) is 17.2 Å². The molecule has 1 amide bonds. The number of carbonyl (C=O) groups excluding carboxylic acids is 1. The van der Waals surface area contributed by atoms with Crippen molar-refractivity contribution in [3.8, 4) is 0 Å². The summed E-state index contributed by atoms with van der Waals surface area (Å²) in [7, 11) is 0. The number of benzene rings is 1. The Morgan fingerprint density at radius 3 is 2.45 bits per heavy atom. The van der Waals surface area contributed by atoms with Crippen LogP contribution in [0.1, 0.15) is 36.5 Å². The molecule has 0 bridgehead atoms. The lowest BCUT2D eigenvalue weighted by Gasteiger charge is -2.33. The lowest BCUT2D eigenvalue weighted by molar-refractivity contribution is 0.0635. The van der Waals surface area contributed by atoms with Crippen LogP contribution in [-0.2, 0) is 0 Å². The highest BCUT2D eigenvalue weighted by molar-refractivity contribution is 5.95. The predicted molar refractivity (Wildman–Crippen MR) is 87.9 cm³/mol. The highest BCUT2D eigenvalue weighted by Gasteiger charge is 2.23. The van der Waals surface area contributed by atoms with Gasteiger partial charge >= 0.3 is 0 Å². The van der Waals surface area contributed by atoms with Crippen molar-refractivity contribution in [2.75, 3.05) is 6.54 Å². The molecule has 1 atom stereocenters. The number of aliphatic imine (C=N–C) groups is 2. The molecule has 7 nitrogen and oxygen atoms in total. The molecule has 1 saturated heterocycles. The van der Waals surface area contributed by atoms with Crippen LogP contribution in [0.2, 0.25) is 0 Å². The molecule has 6 N–H and O–H groups in total. The number of hydrogen-bond acceptors (Lipinski definition) is 2. The molecule has 1 heterocycles. The zero-order valence-electron chi connectivity index (χ0n) is 12.7. The Kier molecular flexibility index (Phi) is 4.98. The highest BCUT2D eigenvalue weighted by atomic mass is 16.2. The maximum atomic E-state index is 12.5. The van der Waals surface area contributed by atoms with E-state index in [2.05, 4.69) is 16.9 Å². The van der Waals surface area contributed by atoms with Crippen molar-refractivity contribution >= 4 is 23.5 Å². The maximum absolute atomic E-state index is 12.5. The van der Waals surface area contributed by atoms with Crippen molar-refractivity contribution in [2.45, 2.75) is 32.2 Å². The van der Waals surface area contributed by atoms with Gasteiger partial charge in [0.15, 0.2) is 5.96 Å². The van der Waals surface area contributed by atoms with E-state index < -0.39 is 0 Å². The van der Waals surface area contributed by atoms with Gasteiger partial charge in [-0.2, -0.15) is 4.99 Å². The SMILES string of the molecule is CC1CCCCN1C(=O)c1ccc(N=C(N)N=C(N)N)cc1. The van der Waals surface area contributed by atoms with Crippen LogP contribution < -0.4 is 17.2 Å². The van der Waals surface area contributed by atoms with E-state index in [1.165, 1.54) is 6.42 Å². The van der Waals surface area contributed by atoms with Gasteiger partial charge < -0.3 is 22.1 Å². The zero-order chi connectivity index (χ0) is 16.1. The first-order valence-corrected chi connectivity index (χ1v) is 7.32. The van der Waals surface area contributed by atoms with Gasteiger partial charge in [0.2, 0.25) is 5.96 Å². The summed E-state index contributed by atoms with van der Waals surface area (Å²) in [5, 5.41) is 0. The fourth-order valence-electron chi connectivity index (χ4n) is 2.53. The summed E-state index contributed by atoms with van der Waals surface area (Å²) >= 11 is 0. The fraction of sp³-hybridized carbons (Fsp3) is 0.400. The number of amides is 1. The van der Waals surface area contributed by atoms with Crippen molar-refractivity contribution < 1.29 is 4.79 Å². The summed E-state index contributed by atoms with van der Waals surface area (Å²) in [6.45, 7) is 2.91. The van der Waals surface area contributed by atoms with E-state index in [1.54, 1.807) is 24.3 Å². The topological polar surface area (TPSA) is 123 Å². The molecule has 0 spiro atoms. The number of nitrogens with zero attached hydrogens (tertiary/aromatic N) is 3. The van der Waals surface area contributed by atoms with Gasteiger partial charge in [-0.3, -0.25) is 4.79 Å². The van der Waals surface area contributed by atoms with E-state index in [0.717, 1.165) is 19.4 Å². The van der Waals surface area contributed by atoms with E-state index in [1.807, 2.05) is 4.90 Å². The molecule has 0 radical (unpaired) electrons. The van der Waals surface area contributed by atoms with Crippen LogP contribution in [0.3, 0.4) is 0 Å². The van der Waals surface area contributed by atoms with Crippen LogP contribution in [0.5, 0.6) is 0 Å². The molecule has 2 rings (SSSR count). The first-order valence-electron chi connectivity index (χ1n) is 7.32. The first-order chi connectivity index (χ1) is 10.5. The highest BCUT2D eigenvalue weighted by Crippen LogP contribution is 2.20. The second-order valence-corrected chi connectivity index (χ2v) is 5.40. The third kappa shape index (κ3) is 3.97. The van der Waals surface area contributed by atoms with Gasteiger partial charge in [-0.15, -0.1) is 0 Å². The summed E-state index contributed by atoms with van der Waals surface area (Å²) in [5.74, 6) is -0.115. The van der Waals surface area contributed by atoms with Crippen molar-refractivity contribution in [3.05, 3.63) is 29.8 Å². The molecule has 1 aliphatic rings. The molecule has 22 heavy (non-hydrogen) atoms. The number of carbonyl (C=O) groups is 1. The van der Waals surface area contributed by atoms with Crippen LogP contribution in [0.4, 0.5) is 5.69 Å². The van der Waals surface area contributed by atoms with Crippen LogP contribution in [-0.4, -0.2) is 35.3 Å². The average molecular weight is 302 g/mol. The summed E-state index contributed by atoms with van der Waals surface area (Å²) < 4.78 is 0. The number of piperidine rings is 1. The Hall–Kier alpha value is -2.57. The Morgan fingerprint density at radius 1 is 1.18 bits per heavy atom. The zero-order valence-corrected chi connectivity index (χ0v) is 12.7. The molecule has 0 aliphatic carbocycles. The minimum Gasteiger partial charge on any atom is -0.370 e. The molecule has 118 valence electrons. The minimum atomic E-state index is -0.146. The molecule has 1 aliphatic heterocycles. The summed E-state index contributed by atoms with van der Waals surface area (Å²) in [6, 6.07) is 7.21. The van der Waals surface area contributed by atoms with Gasteiger partial charge in [0, 0.05) is 18.2 Å². The van der Waals surface area contributed by atoms with Gasteiger partial charge in [-0.05, 0) is 50.5 Å². The second kappa shape index (κ2) is 6.93. The van der Waals surface area contributed by atoms with Gasteiger partial charge in [-0.25, -0.2) is 4.99 Å². The summed E-state index contributed by atoms with van der Waals surface area (Å²) in [5.41, 5.74) is 17.2. The third-order valence-corrected chi connectivity index (χ3v) is 3.67. The van der Waals surface area contributed by atoms with Crippen LogP contribution in [0, 0.1) is 0 Å². The summed E-state index contributed by atoms with van der Waals surface area (Å²) in [4.78, 5) is 22.1. The molecular weight excluding hydrogens is 280 g/mol. The first kappa shape index (κ1) is 15.8. The van der Waals surface area contributed by atoms with E-state index in [0.29, 0.717) is 11.3 Å². The Balaban J connectivity index is 2.11. The number of guanidine groups is 2. The maximum Gasteiger partial charge on any atom is 0.254 e. The average Bonchev–Trinajstić information content (AvgIpc) is 2.47. The fourth-order valence-corrected chi connectivity index (χ4v) is 2.53. The van der Waals surface area contributed by atoms with Gasteiger partial charge in [-0.1, -0.05) is 0 Å². The van der Waals surface area contributed by atoms with Gasteiger partial charge in [0.25, 0.3) is 5.91 Å². The molecule has 0 saturated carbocycles. The smallest absolute Gasteiger partial charge is 0.254 e. The number of rotatable bonds is 2. The molecule has 1 unspecified atom stereocenters. The molecular formula is C15H22N6O. The van der Waals surface area contributed by atoms with Crippen molar-refractivity contribution in [3.63, 3.8) is 0 Å². The van der Waals surface area contributed by atoms with Crippen LogP contribution >= 0.6 is 0 Å². The van der Waals surface area contributed by atoms with Gasteiger partial charge in [0.05, 0.1) is 5.69 Å². The quantitative estimate of drug-likeness (QED) is 0.555. The molecule has 1 fully saturated rings. The van der Waals surface area contributed by atoms with Gasteiger partial charge in [0.1, 0.15) is 0 Å². The normalized spacial score (nSPS) is 18.9. The Labute approximate surface area is 129 Å². The van der Waals surface area contributed by atoms with Crippen molar-refractivity contribution in [1.29, 1.82) is 0 Å². The lowest BCUT2D eigenvalue weighted by Crippen LogP contribution is -2.41. The number of nitrogens with two attached hydrogens (primary N) is 3. The Morgan fingerprint density at radius 2 is 1.86 bits per heavy atom. The Bertz CT molecular complexity index is 589. The van der Waals surface area contributed by atoms with Crippen LogP contribution in [0.15, 0.2) is 34.3 Å². The predicted octanol–water partition coefficient (Wildman–Crippen LogP) is 0.921. The number of hydrogen-bond donors (Lipinski definition) is 3. The molecule has 0 aromatic heterocycles. The largest absolute Gasteiger partial charge is 0.370 e. The monoisotopic (exact) mass is 302 g/mol. The molecule has 1 aromatic rings. The third-order valence-electron chi connectivity index (χ3n) is 3.67.